The maximum atomic E-state index is 3.48. The second-order valence-corrected chi connectivity index (χ2v) is 5.68. The van der Waals surface area contributed by atoms with Gasteiger partial charge in [-0.3, -0.25) is 0 Å². The molecule has 0 saturated heterocycles. The molecule has 1 aromatic rings. The van der Waals surface area contributed by atoms with Gasteiger partial charge in [-0.05, 0) is 24.6 Å². The van der Waals surface area contributed by atoms with Gasteiger partial charge in [0.05, 0.1) is 0 Å². The minimum absolute atomic E-state index is 0.718. The monoisotopic (exact) mass is 257 g/mol. The fraction of sp³-hybridized carbons (Fsp3) is 0.400. The lowest BCUT2D eigenvalue weighted by Gasteiger charge is -2.07. The summed E-state index contributed by atoms with van der Waals surface area (Å²) in [6.45, 7) is 3.36. The van der Waals surface area contributed by atoms with Gasteiger partial charge in [-0.25, -0.2) is 0 Å². The van der Waals surface area contributed by atoms with Crippen molar-refractivity contribution >= 4 is 33.4 Å². The Morgan fingerprint density at radius 2 is 2.38 bits per heavy atom. The van der Waals surface area contributed by atoms with E-state index >= 15 is 0 Å². The first-order valence-corrected chi connectivity index (χ1v) is 6.13. The zero-order chi connectivity index (χ0) is 9.26. The smallest absolute Gasteiger partial charge is 0.0489 e. The van der Waals surface area contributed by atoms with Gasteiger partial charge in [-0.2, -0.15) is 0 Å². The van der Waals surface area contributed by atoms with Crippen molar-refractivity contribution in [2.24, 2.45) is 0 Å². The van der Waals surface area contributed by atoms with E-state index in [2.05, 4.69) is 46.4 Å². The molecule has 0 amide bonds. The molecule has 0 saturated carbocycles. The topological polar surface area (TPSA) is 12.0 Å². The molecule has 1 nitrogen and oxygen atoms in total. The predicted molar refractivity (Wildman–Crippen MR) is 62.6 cm³/mol. The first kappa shape index (κ1) is 9.41. The minimum atomic E-state index is 0.718. The number of halogens is 1. The molecular formula is C10H12BrNS. The quantitative estimate of drug-likeness (QED) is 0.760. The third-order valence-corrected chi connectivity index (χ3v) is 3.88. The van der Waals surface area contributed by atoms with Crippen LogP contribution in [0.25, 0.3) is 0 Å². The van der Waals surface area contributed by atoms with E-state index in [1.54, 1.807) is 0 Å². The van der Waals surface area contributed by atoms with Crippen LogP contribution in [0.4, 0.5) is 5.69 Å². The molecule has 2 rings (SSSR count). The summed E-state index contributed by atoms with van der Waals surface area (Å²) >= 11 is 5.44. The molecular weight excluding hydrogens is 246 g/mol. The van der Waals surface area contributed by atoms with Gasteiger partial charge in [0.1, 0.15) is 0 Å². The molecule has 1 aliphatic rings. The van der Waals surface area contributed by atoms with E-state index in [0.717, 1.165) is 16.3 Å². The van der Waals surface area contributed by atoms with E-state index in [0.29, 0.717) is 0 Å². The van der Waals surface area contributed by atoms with Gasteiger partial charge < -0.3 is 5.32 Å². The number of nitrogens with one attached hydrogen (secondary N) is 1. The number of benzene rings is 1. The first-order chi connectivity index (χ1) is 6.25. The number of anilines is 1. The van der Waals surface area contributed by atoms with Gasteiger partial charge in [0.25, 0.3) is 0 Å². The van der Waals surface area contributed by atoms with Crippen LogP contribution < -0.4 is 5.32 Å². The lowest BCUT2D eigenvalue weighted by molar-refractivity contribution is 0.860. The van der Waals surface area contributed by atoms with Crippen molar-refractivity contribution in [3.8, 4) is 0 Å². The average Bonchev–Trinajstić information content (AvgIpc) is 2.25. The zero-order valence-corrected chi connectivity index (χ0v) is 9.91. The molecule has 1 heterocycles. The predicted octanol–water partition coefficient (Wildman–Crippen LogP) is 3.75. The molecule has 70 valence electrons. The lowest BCUT2D eigenvalue weighted by Crippen LogP contribution is -2.03. The second-order valence-electron chi connectivity index (χ2n) is 3.28. The molecule has 1 unspecified atom stereocenters. The van der Waals surface area contributed by atoms with E-state index in [1.807, 2.05) is 11.8 Å². The second kappa shape index (κ2) is 3.93. The van der Waals surface area contributed by atoms with Crippen molar-refractivity contribution in [1.29, 1.82) is 0 Å². The SMILES string of the molecule is CC1CCNc2cc(Br)ccc2S1. The van der Waals surface area contributed by atoms with Crippen LogP contribution in [0.3, 0.4) is 0 Å². The summed E-state index contributed by atoms with van der Waals surface area (Å²) in [7, 11) is 0. The third-order valence-electron chi connectivity index (χ3n) is 2.14. The molecule has 13 heavy (non-hydrogen) atoms. The molecule has 1 aliphatic heterocycles. The summed E-state index contributed by atoms with van der Waals surface area (Å²) < 4.78 is 1.15. The van der Waals surface area contributed by atoms with Crippen LogP contribution in [0.15, 0.2) is 27.6 Å². The number of hydrogen-bond donors (Lipinski definition) is 1. The summed E-state index contributed by atoms with van der Waals surface area (Å²) in [5.74, 6) is 0. The van der Waals surface area contributed by atoms with E-state index in [-0.39, 0.29) is 0 Å². The maximum Gasteiger partial charge on any atom is 0.0489 e. The third kappa shape index (κ3) is 2.20. The van der Waals surface area contributed by atoms with Crippen LogP contribution in [0.5, 0.6) is 0 Å². The Hall–Kier alpha value is -0.150. The van der Waals surface area contributed by atoms with Crippen LogP contribution in [0.2, 0.25) is 0 Å². The molecule has 0 bridgehead atoms. The summed E-state index contributed by atoms with van der Waals surface area (Å²) in [6, 6.07) is 6.44. The molecule has 1 aromatic carbocycles. The molecule has 0 aliphatic carbocycles. The maximum absolute atomic E-state index is 3.48. The number of fused-ring (bicyclic) bond motifs is 1. The van der Waals surface area contributed by atoms with E-state index in [9.17, 15) is 0 Å². The highest BCUT2D eigenvalue weighted by Gasteiger charge is 2.12. The van der Waals surface area contributed by atoms with Crippen molar-refractivity contribution in [3.05, 3.63) is 22.7 Å². The van der Waals surface area contributed by atoms with E-state index < -0.39 is 0 Å². The van der Waals surface area contributed by atoms with Crippen LogP contribution in [0.1, 0.15) is 13.3 Å². The number of thioether (sulfide) groups is 1. The molecule has 0 spiro atoms. The Kier molecular flexibility index (Phi) is 2.84. The van der Waals surface area contributed by atoms with E-state index in [1.165, 1.54) is 17.0 Å². The molecule has 0 aromatic heterocycles. The summed E-state index contributed by atoms with van der Waals surface area (Å²) in [5.41, 5.74) is 1.27. The van der Waals surface area contributed by atoms with Gasteiger partial charge in [0, 0.05) is 26.9 Å². The Morgan fingerprint density at radius 1 is 1.54 bits per heavy atom. The Morgan fingerprint density at radius 3 is 3.23 bits per heavy atom. The van der Waals surface area contributed by atoms with Crippen LogP contribution in [-0.2, 0) is 0 Å². The first-order valence-electron chi connectivity index (χ1n) is 4.46. The lowest BCUT2D eigenvalue weighted by atomic mass is 10.3. The highest BCUT2D eigenvalue weighted by atomic mass is 79.9. The van der Waals surface area contributed by atoms with Gasteiger partial charge in [-0.15, -0.1) is 11.8 Å². The average molecular weight is 258 g/mol. The Balaban J connectivity index is 2.34. The largest absolute Gasteiger partial charge is 0.384 e. The normalized spacial score (nSPS) is 21.5. The Labute approximate surface area is 91.4 Å². The highest BCUT2D eigenvalue weighted by molar-refractivity contribution is 9.10. The van der Waals surface area contributed by atoms with Crippen molar-refractivity contribution in [2.45, 2.75) is 23.5 Å². The summed E-state index contributed by atoms with van der Waals surface area (Å²) in [6.07, 6.45) is 1.23. The van der Waals surface area contributed by atoms with Gasteiger partial charge in [-0.1, -0.05) is 22.9 Å². The van der Waals surface area contributed by atoms with Crippen molar-refractivity contribution in [1.82, 2.24) is 0 Å². The molecule has 0 fully saturated rings. The fourth-order valence-electron chi connectivity index (χ4n) is 1.43. The zero-order valence-electron chi connectivity index (χ0n) is 7.51. The summed E-state index contributed by atoms with van der Waals surface area (Å²) in [5, 5.41) is 4.16. The molecule has 1 atom stereocenters. The van der Waals surface area contributed by atoms with Gasteiger partial charge >= 0.3 is 0 Å². The Bertz CT molecular complexity index is 314. The van der Waals surface area contributed by atoms with Crippen LogP contribution in [0, 0.1) is 0 Å². The van der Waals surface area contributed by atoms with Gasteiger partial charge in [0.2, 0.25) is 0 Å². The standard InChI is InChI=1S/C10H12BrNS/c1-7-4-5-12-9-6-8(11)2-3-10(9)13-7/h2-3,6-7,12H,4-5H2,1H3. The van der Waals surface area contributed by atoms with Crippen molar-refractivity contribution < 1.29 is 0 Å². The van der Waals surface area contributed by atoms with Crippen LogP contribution in [-0.4, -0.2) is 11.8 Å². The van der Waals surface area contributed by atoms with Crippen LogP contribution >= 0.6 is 27.7 Å². The summed E-state index contributed by atoms with van der Waals surface area (Å²) in [4.78, 5) is 1.37. The van der Waals surface area contributed by atoms with Crippen molar-refractivity contribution in [3.63, 3.8) is 0 Å². The van der Waals surface area contributed by atoms with Gasteiger partial charge in [0.15, 0.2) is 0 Å². The highest BCUT2D eigenvalue weighted by Crippen LogP contribution is 2.35. The number of rotatable bonds is 0. The molecule has 3 heteroatoms. The molecule has 1 N–H and O–H groups in total. The van der Waals surface area contributed by atoms with E-state index in [4.69, 9.17) is 0 Å². The fourth-order valence-corrected chi connectivity index (χ4v) is 2.86. The number of hydrogen-bond acceptors (Lipinski definition) is 2. The minimum Gasteiger partial charge on any atom is -0.384 e. The molecule has 0 radical (unpaired) electrons. The van der Waals surface area contributed by atoms with Crippen molar-refractivity contribution in [2.75, 3.05) is 11.9 Å².